The molecule has 0 radical (unpaired) electrons. The zero-order valence-electron chi connectivity index (χ0n) is 16.6. The van der Waals surface area contributed by atoms with Crippen LogP contribution in [-0.2, 0) is 6.54 Å². The predicted molar refractivity (Wildman–Crippen MR) is 108 cm³/mol. The number of imidazole rings is 1. The van der Waals surface area contributed by atoms with Crippen LogP contribution >= 0.6 is 0 Å². The number of nitrogens with one attached hydrogen (secondary N) is 1. The lowest BCUT2D eigenvalue weighted by molar-refractivity contribution is 0.0939. The molecule has 0 saturated heterocycles. The van der Waals surface area contributed by atoms with Gasteiger partial charge in [0.1, 0.15) is 17.3 Å². The van der Waals surface area contributed by atoms with Crippen molar-refractivity contribution >= 4 is 5.91 Å². The van der Waals surface area contributed by atoms with Crippen LogP contribution in [0.2, 0.25) is 0 Å². The first kappa shape index (κ1) is 19.5. The molecule has 0 bridgehead atoms. The van der Waals surface area contributed by atoms with Gasteiger partial charge in [0, 0.05) is 30.1 Å². The summed E-state index contributed by atoms with van der Waals surface area (Å²) in [5.41, 5.74) is 2.59. The Balaban J connectivity index is 1.70. The number of amides is 1. The van der Waals surface area contributed by atoms with Crippen molar-refractivity contribution in [3.05, 3.63) is 77.4 Å². The highest BCUT2D eigenvalue weighted by atomic mass is 16.5. The van der Waals surface area contributed by atoms with Crippen LogP contribution in [0.1, 0.15) is 40.3 Å². The third-order valence-corrected chi connectivity index (χ3v) is 4.74. The van der Waals surface area contributed by atoms with Gasteiger partial charge in [0.2, 0.25) is 0 Å². The number of benzene rings is 2. The van der Waals surface area contributed by atoms with Crippen molar-refractivity contribution < 1.29 is 14.3 Å². The first-order valence-electron chi connectivity index (χ1n) is 9.11. The molecule has 146 valence electrons. The van der Waals surface area contributed by atoms with E-state index in [0.29, 0.717) is 11.3 Å². The summed E-state index contributed by atoms with van der Waals surface area (Å²) >= 11 is 0. The Morgan fingerprint density at radius 2 is 1.89 bits per heavy atom. The van der Waals surface area contributed by atoms with Crippen LogP contribution in [0.15, 0.2) is 54.9 Å². The average Bonchev–Trinajstić information content (AvgIpc) is 3.12. The summed E-state index contributed by atoms with van der Waals surface area (Å²) in [6.45, 7) is 4.62. The van der Waals surface area contributed by atoms with Crippen molar-refractivity contribution in [2.75, 3.05) is 14.2 Å². The van der Waals surface area contributed by atoms with Gasteiger partial charge in [-0.3, -0.25) is 4.79 Å². The first-order valence-corrected chi connectivity index (χ1v) is 9.11. The maximum Gasteiger partial charge on any atom is 0.251 e. The molecule has 3 rings (SSSR count). The fourth-order valence-electron chi connectivity index (χ4n) is 3.06. The van der Waals surface area contributed by atoms with Gasteiger partial charge in [0.05, 0.1) is 20.3 Å². The third kappa shape index (κ3) is 4.34. The number of nitrogens with zero attached hydrogens (tertiary/aromatic N) is 2. The Morgan fingerprint density at radius 3 is 2.50 bits per heavy atom. The van der Waals surface area contributed by atoms with E-state index in [1.165, 1.54) is 0 Å². The van der Waals surface area contributed by atoms with E-state index in [1.54, 1.807) is 20.4 Å². The Morgan fingerprint density at radius 1 is 1.14 bits per heavy atom. The number of aromatic nitrogens is 2. The van der Waals surface area contributed by atoms with Crippen LogP contribution in [0.3, 0.4) is 0 Å². The molecule has 1 N–H and O–H groups in total. The largest absolute Gasteiger partial charge is 0.497 e. The molecule has 0 aliphatic rings. The standard InChI is InChI=1S/C22H25N3O3/c1-15(20-13-19(27-3)9-10-21(20)28-4)24-22(26)18-7-5-17(6-8-18)14-25-12-11-23-16(25)2/h5-13,15H,14H2,1-4H3,(H,24,26)/t15-/m1/s1. The van der Waals surface area contributed by atoms with E-state index >= 15 is 0 Å². The molecular weight excluding hydrogens is 354 g/mol. The lowest BCUT2D eigenvalue weighted by Crippen LogP contribution is -2.27. The van der Waals surface area contributed by atoms with Crippen LogP contribution in [0.5, 0.6) is 11.5 Å². The number of hydrogen-bond acceptors (Lipinski definition) is 4. The van der Waals surface area contributed by atoms with E-state index in [0.717, 1.165) is 29.2 Å². The smallest absolute Gasteiger partial charge is 0.251 e. The van der Waals surface area contributed by atoms with Crippen LogP contribution in [0, 0.1) is 6.92 Å². The second-order valence-corrected chi connectivity index (χ2v) is 6.60. The van der Waals surface area contributed by atoms with Crippen LogP contribution in [-0.4, -0.2) is 29.7 Å². The second-order valence-electron chi connectivity index (χ2n) is 6.60. The number of ether oxygens (including phenoxy) is 2. The van der Waals surface area contributed by atoms with Crippen molar-refractivity contribution in [1.82, 2.24) is 14.9 Å². The van der Waals surface area contributed by atoms with Gasteiger partial charge < -0.3 is 19.4 Å². The van der Waals surface area contributed by atoms with Crippen molar-refractivity contribution in [1.29, 1.82) is 0 Å². The highest BCUT2D eigenvalue weighted by Crippen LogP contribution is 2.29. The van der Waals surface area contributed by atoms with Crippen molar-refractivity contribution in [2.45, 2.75) is 26.4 Å². The summed E-state index contributed by atoms with van der Waals surface area (Å²) < 4.78 is 12.8. The topological polar surface area (TPSA) is 65.4 Å². The number of methoxy groups -OCH3 is 2. The predicted octanol–water partition coefficient (Wildman–Crippen LogP) is 3.75. The molecule has 1 heterocycles. The number of carbonyl (C=O) groups is 1. The number of rotatable bonds is 7. The summed E-state index contributed by atoms with van der Waals surface area (Å²) in [5, 5.41) is 3.02. The lowest BCUT2D eigenvalue weighted by Gasteiger charge is -2.18. The Labute approximate surface area is 165 Å². The van der Waals surface area contributed by atoms with Crippen LogP contribution in [0.25, 0.3) is 0 Å². The number of hydrogen-bond donors (Lipinski definition) is 1. The minimum atomic E-state index is -0.231. The van der Waals surface area contributed by atoms with Gasteiger partial charge in [-0.05, 0) is 49.7 Å². The lowest BCUT2D eigenvalue weighted by atomic mass is 10.1. The third-order valence-electron chi connectivity index (χ3n) is 4.74. The molecule has 3 aromatic rings. The molecule has 6 nitrogen and oxygen atoms in total. The minimum Gasteiger partial charge on any atom is -0.497 e. The molecular formula is C22H25N3O3. The van der Waals surface area contributed by atoms with Gasteiger partial charge in [-0.1, -0.05) is 12.1 Å². The molecule has 0 aliphatic carbocycles. The Kier molecular flexibility index (Phi) is 5.99. The number of aryl methyl sites for hydroxylation is 1. The molecule has 28 heavy (non-hydrogen) atoms. The summed E-state index contributed by atoms with van der Waals surface area (Å²) in [6, 6.07) is 12.9. The van der Waals surface area contributed by atoms with Gasteiger partial charge in [0.15, 0.2) is 0 Å². The fourth-order valence-corrected chi connectivity index (χ4v) is 3.06. The zero-order valence-corrected chi connectivity index (χ0v) is 16.6. The van der Waals surface area contributed by atoms with Gasteiger partial charge in [0.25, 0.3) is 5.91 Å². The minimum absolute atomic E-state index is 0.136. The molecule has 0 fully saturated rings. The first-order chi connectivity index (χ1) is 13.5. The molecule has 0 aliphatic heterocycles. The monoisotopic (exact) mass is 379 g/mol. The van der Waals surface area contributed by atoms with E-state index in [2.05, 4.69) is 14.9 Å². The van der Waals surface area contributed by atoms with E-state index in [1.807, 2.05) is 62.5 Å². The van der Waals surface area contributed by atoms with Crippen molar-refractivity contribution in [3.63, 3.8) is 0 Å². The van der Waals surface area contributed by atoms with E-state index in [4.69, 9.17) is 9.47 Å². The summed E-state index contributed by atoms with van der Waals surface area (Å²) in [4.78, 5) is 16.9. The fraction of sp³-hybridized carbons (Fsp3) is 0.273. The maximum absolute atomic E-state index is 12.7. The Bertz CT molecular complexity index is 948. The van der Waals surface area contributed by atoms with Gasteiger partial charge in [-0.25, -0.2) is 4.98 Å². The van der Waals surface area contributed by atoms with Crippen molar-refractivity contribution in [3.8, 4) is 11.5 Å². The second kappa shape index (κ2) is 8.61. The molecule has 1 amide bonds. The molecule has 1 atom stereocenters. The molecule has 0 spiro atoms. The average molecular weight is 379 g/mol. The highest BCUT2D eigenvalue weighted by molar-refractivity contribution is 5.94. The van der Waals surface area contributed by atoms with E-state index in [9.17, 15) is 4.79 Å². The zero-order chi connectivity index (χ0) is 20.1. The van der Waals surface area contributed by atoms with Crippen LogP contribution in [0.4, 0.5) is 0 Å². The van der Waals surface area contributed by atoms with Crippen LogP contribution < -0.4 is 14.8 Å². The van der Waals surface area contributed by atoms with E-state index < -0.39 is 0 Å². The summed E-state index contributed by atoms with van der Waals surface area (Å²) in [6.07, 6.45) is 3.73. The highest BCUT2D eigenvalue weighted by Gasteiger charge is 2.16. The quantitative estimate of drug-likeness (QED) is 0.679. The number of carbonyl (C=O) groups excluding carboxylic acids is 1. The summed E-state index contributed by atoms with van der Waals surface area (Å²) in [5.74, 6) is 2.25. The maximum atomic E-state index is 12.7. The van der Waals surface area contributed by atoms with Gasteiger partial charge in [-0.2, -0.15) is 0 Å². The SMILES string of the molecule is COc1ccc(OC)c([C@@H](C)NC(=O)c2ccc(Cn3ccnc3C)cc2)c1. The van der Waals surface area contributed by atoms with Crippen molar-refractivity contribution in [2.24, 2.45) is 0 Å². The molecule has 0 saturated carbocycles. The molecule has 0 unspecified atom stereocenters. The van der Waals surface area contributed by atoms with E-state index in [-0.39, 0.29) is 11.9 Å². The summed E-state index contributed by atoms with van der Waals surface area (Å²) in [7, 11) is 3.22. The molecule has 6 heteroatoms. The molecule has 1 aromatic heterocycles. The molecule has 2 aromatic carbocycles. The normalized spacial score (nSPS) is 11.7. The Hall–Kier alpha value is -3.28. The van der Waals surface area contributed by atoms with Gasteiger partial charge in [-0.15, -0.1) is 0 Å². The van der Waals surface area contributed by atoms with Gasteiger partial charge >= 0.3 is 0 Å².